The molecule has 2 fully saturated rings. The highest BCUT2D eigenvalue weighted by Crippen LogP contribution is 2.34. The molecule has 7 nitrogen and oxygen atoms in total. The van der Waals surface area contributed by atoms with E-state index in [1.54, 1.807) is 11.3 Å². The molecule has 0 saturated carbocycles. The molecule has 0 spiro atoms. The lowest BCUT2D eigenvalue weighted by molar-refractivity contribution is -0.122. The third kappa shape index (κ3) is 5.72. The number of likely N-dealkylation sites (tertiary alicyclic amines) is 1. The molecular weight excluding hydrogens is 374 g/mol. The predicted molar refractivity (Wildman–Crippen MR) is 111 cm³/mol. The van der Waals surface area contributed by atoms with Crippen molar-refractivity contribution in [1.82, 2.24) is 20.1 Å². The number of hydrogen-bond donors (Lipinski definition) is 1. The fourth-order valence-corrected chi connectivity index (χ4v) is 5.05. The number of aryl methyl sites for hydroxylation is 1. The zero-order chi connectivity index (χ0) is 19.8. The molecule has 2 aliphatic heterocycles. The van der Waals surface area contributed by atoms with Gasteiger partial charge in [0.05, 0.1) is 0 Å². The second-order valence-corrected chi connectivity index (χ2v) is 8.67. The molecule has 152 valence electrons. The number of nitrogens with zero attached hydrogens (tertiary/aromatic N) is 5. The normalized spacial score (nSPS) is 19.1. The molecule has 0 aromatic carbocycles. The highest BCUT2D eigenvalue weighted by molar-refractivity contribution is 7.15. The molecule has 0 aliphatic carbocycles. The molecule has 0 amide bonds. The maximum atomic E-state index is 8.36. The van der Waals surface area contributed by atoms with Gasteiger partial charge in [-0.25, -0.2) is 0 Å². The maximum absolute atomic E-state index is 8.36. The number of aromatic nitrogens is 3. The Hall–Kier alpha value is -2.06. The van der Waals surface area contributed by atoms with E-state index in [4.69, 9.17) is 9.90 Å². The van der Waals surface area contributed by atoms with Crippen molar-refractivity contribution < 1.29 is 9.90 Å². The van der Waals surface area contributed by atoms with Crippen molar-refractivity contribution in [2.24, 2.45) is 11.8 Å². The Bertz CT molecular complexity index is 710. The van der Waals surface area contributed by atoms with E-state index in [1.807, 2.05) is 25.4 Å². The monoisotopic (exact) mass is 403 g/mol. The Morgan fingerprint density at radius 3 is 2.32 bits per heavy atom. The van der Waals surface area contributed by atoms with Crippen molar-refractivity contribution in [1.29, 1.82) is 0 Å². The van der Waals surface area contributed by atoms with Gasteiger partial charge in [-0.1, -0.05) is 17.4 Å². The molecule has 1 N–H and O–H groups in total. The smallest absolute Gasteiger partial charge is 0.290 e. The summed E-state index contributed by atoms with van der Waals surface area (Å²) >= 11 is 1.72. The van der Waals surface area contributed by atoms with Crippen LogP contribution in [-0.2, 0) is 11.3 Å². The van der Waals surface area contributed by atoms with Crippen LogP contribution in [-0.4, -0.2) is 57.8 Å². The first-order valence-corrected chi connectivity index (χ1v) is 10.8. The first-order chi connectivity index (χ1) is 13.7. The number of carboxylic acid groups (broad SMARTS) is 1. The Labute approximate surface area is 170 Å². The zero-order valence-corrected chi connectivity index (χ0v) is 17.2. The van der Waals surface area contributed by atoms with Crippen molar-refractivity contribution in [3.8, 4) is 0 Å². The fraction of sp³-hybridized carbons (Fsp3) is 0.600. The summed E-state index contributed by atoms with van der Waals surface area (Å²) in [5.74, 6) is 1.80. The second kappa shape index (κ2) is 10.5. The molecule has 2 saturated heterocycles. The van der Waals surface area contributed by atoms with Crippen LogP contribution in [0.5, 0.6) is 0 Å². The van der Waals surface area contributed by atoms with Crippen molar-refractivity contribution in [3.63, 3.8) is 0 Å². The molecule has 2 aromatic rings. The van der Waals surface area contributed by atoms with Gasteiger partial charge in [-0.05, 0) is 69.2 Å². The van der Waals surface area contributed by atoms with Gasteiger partial charge in [0.15, 0.2) is 0 Å². The van der Waals surface area contributed by atoms with E-state index < -0.39 is 0 Å². The van der Waals surface area contributed by atoms with Crippen LogP contribution in [0.3, 0.4) is 0 Å². The van der Waals surface area contributed by atoms with E-state index in [0.717, 1.165) is 41.6 Å². The average molecular weight is 404 g/mol. The first-order valence-electron chi connectivity index (χ1n) is 9.93. The molecule has 0 unspecified atom stereocenters. The minimum atomic E-state index is -0.250. The van der Waals surface area contributed by atoms with E-state index in [9.17, 15) is 0 Å². The van der Waals surface area contributed by atoms with Gasteiger partial charge in [-0.3, -0.25) is 14.7 Å². The third-order valence-corrected chi connectivity index (χ3v) is 6.65. The third-order valence-electron chi connectivity index (χ3n) is 5.75. The Kier molecular flexibility index (Phi) is 7.73. The molecular formula is C20H29N5O2S. The second-order valence-electron chi connectivity index (χ2n) is 7.51. The summed E-state index contributed by atoms with van der Waals surface area (Å²) in [6, 6.07) is 4.22. The van der Waals surface area contributed by atoms with E-state index in [0.29, 0.717) is 0 Å². The summed E-state index contributed by atoms with van der Waals surface area (Å²) in [5.41, 5.74) is 1.33. The first kappa shape index (κ1) is 20.7. The lowest BCUT2D eigenvalue weighted by Crippen LogP contribution is -2.40. The number of carbonyl (C=O) groups is 1. The molecule has 0 bridgehead atoms. The van der Waals surface area contributed by atoms with Crippen LogP contribution in [0.4, 0.5) is 5.13 Å². The number of hydrogen-bond acceptors (Lipinski definition) is 7. The molecule has 4 rings (SSSR count). The van der Waals surface area contributed by atoms with Crippen molar-refractivity contribution in [2.75, 3.05) is 31.1 Å². The molecule has 8 heteroatoms. The standard InChI is InChI=1S/C19H27N5S.CH2O2/c1-15-21-22-19(25-15)24-11-6-18(7-12-24)17-4-9-23(10-5-17)14-16-3-2-8-20-13-16;2-1-3/h2-3,8,13,17-18H,4-7,9-12,14H2,1H3;1H,(H,2,3). The van der Waals surface area contributed by atoms with Crippen LogP contribution >= 0.6 is 11.3 Å². The quantitative estimate of drug-likeness (QED) is 0.786. The fourth-order valence-electron chi connectivity index (χ4n) is 4.31. The largest absolute Gasteiger partial charge is 0.483 e. The van der Waals surface area contributed by atoms with Crippen molar-refractivity contribution >= 4 is 22.9 Å². The highest BCUT2D eigenvalue weighted by atomic mass is 32.1. The Morgan fingerprint density at radius 1 is 1.14 bits per heavy atom. The van der Waals surface area contributed by atoms with Gasteiger partial charge in [0.25, 0.3) is 6.47 Å². The van der Waals surface area contributed by atoms with Crippen LogP contribution in [0.15, 0.2) is 24.5 Å². The van der Waals surface area contributed by atoms with Crippen molar-refractivity contribution in [2.45, 2.75) is 39.2 Å². The summed E-state index contributed by atoms with van der Waals surface area (Å²) in [5, 5.41) is 17.5. The SMILES string of the molecule is Cc1nnc(N2CCC(C3CCN(Cc4cccnc4)CC3)CC2)s1.O=CO. The van der Waals surface area contributed by atoms with E-state index in [1.165, 1.54) is 44.3 Å². The topological polar surface area (TPSA) is 82.5 Å². The van der Waals surface area contributed by atoms with Crippen LogP contribution < -0.4 is 4.90 Å². The molecule has 2 aliphatic rings. The van der Waals surface area contributed by atoms with Gasteiger partial charge in [-0.2, -0.15) is 0 Å². The summed E-state index contributed by atoms with van der Waals surface area (Å²) < 4.78 is 0. The summed E-state index contributed by atoms with van der Waals surface area (Å²) in [7, 11) is 0. The minimum absolute atomic E-state index is 0.250. The van der Waals surface area contributed by atoms with Crippen LogP contribution in [0.1, 0.15) is 36.3 Å². The number of anilines is 1. The summed E-state index contributed by atoms with van der Waals surface area (Å²) in [6.45, 7) is 7.59. The van der Waals surface area contributed by atoms with Crippen LogP contribution in [0, 0.1) is 18.8 Å². The lowest BCUT2D eigenvalue weighted by atomic mass is 9.79. The summed E-state index contributed by atoms with van der Waals surface area (Å²) in [6.07, 6.45) is 9.17. The molecule has 2 aromatic heterocycles. The van der Waals surface area contributed by atoms with Crippen molar-refractivity contribution in [3.05, 3.63) is 35.1 Å². The molecule has 0 radical (unpaired) electrons. The van der Waals surface area contributed by atoms with Crippen LogP contribution in [0.2, 0.25) is 0 Å². The molecule has 4 heterocycles. The number of piperidine rings is 2. The van der Waals surface area contributed by atoms with E-state index in [2.05, 4.69) is 31.0 Å². The van der Waals surface area contributed by atoms with Gasteiger partial charge in [0.1, 0.15) is 5.01 Å². The Balaban J connectivity index is 0.000000706. The minimum Gasteiger partial charge on any atom is -0.483 e. The van der Waals surface area contributed by atoms with Crippen LogP contribution in [0.25, 0.3) is 0 Å². The lowest BCUT2D eigenvalue weighted by Gasteiger charge is -2.40. The number of rotatable bonds is 4. The Morgan fingerprint density at radius 2 is 1.79 bits per heavy atom. The summed E-state index contributed by atoms with van der Waals surface area (Å²) in [4.78, 5) is 17.6. The molecule has 28 heavy (non-hydrogen) atoms. The van der Waals surface area contributed by atoms with Gasteiger partial charge in [-0.15, -0.1) is 10.2 Å². The van der Waals surface area contributed by atoms with Gasteiger partial charge in [0.2, 0.25) is 5.13 Å². The number of pyridine rings is 1. The van der Waals surface area contributed by atoms with Gasteiger partial charge in [0, 0.05) is 32.0 Å². The van der Waals surface area contributed by atoms with E-state index in [-0.39, 0.29) is 6.47 Å². The average Bonchev–Trinajstić information content (AvgIpc) is 3.17. The van der Waals surface area contributed by atoms with E-state index >= 15 is 0 Å². The maximum Gasteiger partial charge on any atom is 0.290 e. The van der Waals surface area contributed by atoms with Gasteiger partial charge >= 0.3 is 0 Å². The predicted octanol–water partition coefficient (Wildman–Crippen LogP) is 3.07. The van der Waals surface area contributed by atoms with Gasteiger partial charge < -0.3 is 10.0 Å². The highest BCUT2D eigenvalue weighted by Gasteiger charge is 2.30. The molecule has 0 atom stereocenters. The zero-order valence-electron chi connectivity index (χ0n) is 16.4.